The smallest absolute Gasteiger partial charge is 0.338 e. The molecule has 1 N–H and O–H groups in total. The molecule has 0 fully saturated rings. The zero-order valence-electron chi connectivity index (χ0n) is 12.5. The topological polar surface area (TPSA) is 98.6 Å². The first-order valence-corrected chi connectivity index (χ1v) is 7.20. The molecular formula is C16H12N6O2. The van der Waals surface area contributed by atoms with Gasteiger partial charge in [-0.3, -0.25) is 4.57 Å². The van der Waals surface area contributed by atoms with Crippen LogP contribution in [0.4, 0.5) is 0 Å². The van der Waals surface area contributed by atoms with Crippen molar-refractivity contribution in [2.24, 2.45) is 0 Å². The number of hydrogen-bond acceptors (Lipinski definition) is 6. The van der Waals surface area contributed by atoms with Crippen LogP contribution in [0.2, 0.25) is 0 Å². The number of carbonyl (C=O) groups is 1. The van der Waals surface area contributed by atoms with E-state index in [0.717, 1.165) is 16.6 Å². The molecule has 8 nitrogen and oxygen atoms in total. The molecule has 1 aromatic carbocycles. The number of pyridine rings is 1. The number of imidazole rings is 1. The predicted molar refractivity (Wildman–Crippen MR) is 84.4 cm³/mol. The summed E-state index contributed by atoms with van der Waals surface area (Å²) in [5, 5.41) is 10.5. The van der Waals surface area contributed by atoms with Crippen molar-refractivity contribution in [2.45, 2.75) is 6.61 Å². The lowest BCUT2D eigenvalue weighted by Gasteiger charge is -2.06. The van der Waals surface area contributed by atoms with Gasteiger partial charge in [0.15, 0.2) is 0 Å². The van der Waals surface area contributed by atoms with Gasteiger partial charge in [0, 0.05) is 18.6 Å². The molecule has 0 atom stereocenters. The molecule has 4 rings (SSSR count). The van der Waals surface area contributed by atoms with E-state index in [4.69, 9.17) is 4.74 Å². The Morgan fingerprint density at radius 2 is 2.04 bits per heavy atom. The molecular weight excluding hydrogens is 308 g/mol. The number of rotatable bonds is 4. The average molecular weight is 320 g/mol. The average Bonchev–Trinajstić information content (AvgIpc) is 3.30. The minimum atomic E-state index is -0.418. The number of H-pyrrole nitrogens is 1. The quantitative estimate of drug-likeness (QED) is 0.577. The molecule has 3 heterocycles. The Bertz CT molecular complexity index is 993. The molecule has 0 saturated heterocycles. The standard InChI is InChI=1S/C16H12N6O2/c23-16(12-3-4-18-15(8-12)22-6-5-17-10-22)24-9-11-1-2-13-14(7-11)20-21-19-13/h1-8,10H,9H2,(H,19,20,21). The highest BCUT2D eigenvalue weighted by atomic mass is 16.5. The maximum absolute atomic E-state index is 12.2. The van der Waals surface area contributed by atoms with E-state index in [1.807, 2.05) is 18.2 Å². The number of benzene rings is 1. The second-order valence-corrected chi connectivity index (χ2v) is 5.10. The number of nitrogens with zero attached hydrogens (tertiary/aromatic N) is 5. The van der Waals surface area contributed by atoms with Gasteiger partial charge in [-0.2, -0.15) is 15.4 Å². The van der Waals surface area contributed by atoms with Crippen LogP contribution in [-0.2, 0) is 11.3 Å². The number of ether oxygens (including phenoxy) is 1. The lowest BCUT2D eigenvalue weighted by molar-refractivity contribution is 0.0472. The lowest BCUT2D eigenvalue weighted by Crippen LogP contribution is -2.07. The Morgan fingerprint density at radius 3 is 2.92 bits per heavy atom. The largest absolute Gasteiger partial charge is 0.457 e. The van der Waals surface area contributed by atoms with E-state index < -0.39 is 5.97 Å². The molecule has 118 valence electrons. The Labute approximate surface area is 136 Å². The van der Waals surface area contributed by atoms with Gasteiger partial charge in [0.2, 0.25) is 0 Å². The maximum Gasteiger partial charge on any atom is 0.338 e. The van der Waals surface area contributed by atoms with Crippen molar-refractivity contribution >= 4 is 17.0 Å². The van der Waals surface area contributed by atoms with Crippen molar-refractivity contribution in [2.75, 3.05) is 0 Å². The molecule has 24 heavy (non-hydrogen) atoms. The fraction of sp³-hybridized carbons (Fsp3) is 0.0625. The molecule has 0 unspecified atom stereocenters. The van der Waals surface area contributed by atoms with Crippen LogP contribution in [0.25, 0.3) is 16.9 Å². The van der Waals surface area contributed by atoms with Gasteiger partial charge in [0.25, 0.3) is 0 Å². The van der Waals surface area contributed by atoms with Crippen LogP contribution in [0.3, 0.4) is 0 Å². The van der Waals surface area contributed by atoms with E-state index in [1.165, 1.54) is 0 Å². The molecule has 0 aliphatic heterocycles. The summed E-state index contributed by atoms with van der Waals surface area (Å²) in [6.45, 7) is 0.157. The van der Waals surface area contributed by atoms with Gasteiger partial charge >= 0.3 is 5.97 Å². The molecule has 0 aliphatic carbocycles. The number of esters is 1. The van der Waals surface area contributed by atoms with Crippen LogP contribution in [0.5, 0.6) is 0 Å². The molecule has 0 spiro atoms. The van der Waals surface area contributed by atoms with Crippen LogP contribution in [-0.4, -0.2) is 35.9 Å². The van der Waals surface area contributed by atoms with E-state index >= 15 is 0 Å². The third-order valence-corrected chi connectivity index (χ3v) is 3.50. The fourth-order valence-corrected chi connectivity index (χ4v) is 2.29. The van der Waals surface area contributed by atoms with Crippen molar-refractivity contribution in [3.05, 3.63) is 66.4 Å². The van der Waals surface area contributed by atoms with E-state index in [2.05, 4.69) is 25.4 Å². The van der Waals surface area contributed by atoms with E-state index in [9.17, 15) is 4.79 Å². The first-order valence-electron chi connectivity index (χ1n) is 7.20. The summed E-state index contributed by atoms with van der Waals surface area (Å²) < 4.78 is 7.08. The molecule has 0 radical (unpaired) electrons. The fourth-order valence-electron chi connectivity index (χ4n) is 2.29. The monoisotopic (exact) mass is 320 g/mol. The van der Waals surface area contributed by atoms with Gasteiger partial charge in [0.1, 0.15) is 29.8 Å². The summed E-state index contributed by atoms with van der Waals surface area (Å²) in [4.78, 5) is 20.4. The van der Waals surface area contributed by atoms with E-state index in [1.54, 1.807) is 41.6 Å². The number of carbonyl (C=O) groups excluding carboxylic acids is 1. The zero-order chi connectivity index (χ0) is 16.4. The van der Waals surface area contributed by atoms with Crippen molar-refractivity contribution < 1.29 is 9.53 Å². The number of aromatic amines is 1. The van der Waals surface area contributed by atoms with Gasteiger partial charge in [-0.05, 0) is 29.8 Å². The minimum absolute atomic E-state index is 0.157. The molecule has 8 heteroatoms. The van der Waals surface area contributed by atoms with Crippen LogP contribution in [0.1, 0.15) is 15.9 Å². The third kappa shape index (κ3) is 2.72. The van der Waals surface area contributed by atoms with Crippen LogP contribution in [0.15, 0.2) is 55.2 Å². The summed E-state index contributed by atoms with van der Waals surface area (Å²) in [5.41, 5.74) is 2.77. The summed E-state index contributed by atoms with van der Waals surface area (Å²) in [6, 6.07) is 8.78. The highest BCUT2D eigenvalue weighted by Gasteiger charge is 2.10. The Balaban J connectivity index is 1.48. The number of hydrogen-bond donors (Lipinski definition) is 1. The van der Waals surface area contributed by atoms with Gasteiger partial charge < -0.3 is 4.74 Å². The molecule has 0 amide bonds. The summed E-state index contributed by atoms with van der Waals surface area (Å²) >= 11 is 0. The van der Waals surface area contributed by atoms with Gasteiger partial charge in [0.05, 0.1) is 5.56 Å². The SMILES string of the molecule is O=C(OCc1ccc2n[nH]nc2c1)c1ccnc(-n2ccnc2)c1. The zero-order valence-corrected chi connectivity index (χ0v) is 12.5. The Morgan fingerprint density at radius 1 is 1.12 bits per heavy atom. The molecule has 4 aromatic rings. The molecule has 0 saturated carbocycles. The van der Waals surface area contributed by atoms with E-state index in [0.29, 0.717) is 11.4 Å². The first kappa shape index (κ1) is 14.1. The molecule has 0 bridgehead atoms. The van der Waals surface area contributed by atoms with Gasteiger partial charge in [-0.25, -0.2) is 14.8 Å². The predicted octanol–water partition coefficient (Wildman–Crippen LogP) is 1.90. The normalized spacial score (nSPS) is 10.8. The van der Waals surface area contributed by atoms with Crippen molar-refractivity contribution in [1.82, 2.24) is 29.9 Å². The van der Waals surface area contributed by atoms with Crippen LogP contribution >= 0.6 is 0 Å². The molecule has 0 aliphatic rings. The second-order valence-electron chi connectivity index (χ2n) is 5.10. The van der Waals surface area contributed by atoms with Crippen LogP contribution in [0, 0.1) is 0 Å². The van der Waals surface area contributed by atoms with Crippen molar-refractivity contribution in [3.63, 3.8) is 0 Å². The first-order chi connectivity index (χ1) is 11.8. The highest BCUT2D eigenvalue weighted by molar-refractivity contribution is 5.89. The van der Waals surface area contributed by atoms with Gasteiger partial charge in [-0.15, -0.1) is 0 Å². The Kier molecular flexibility index (Phi) is 3.47. The van der Waals surface area contributed by atoms with Gasteiger partial charge in [-0.1, -0.05) is 6.07 Å². The van der Waals surface area contributed by atoms with Crippen LogP contribution < -0.4 is 0 Å². The number of fused-ring (bicyclic) bond motifs is 1. The molecule has 3 aromatic heterocycles. The third-order valence-electron chi connectivity index (χ3n) is 3.50. The summed E-state index contributed by atoms with van der Waals surface area (Å²) in [5.74, 6) is 0.185. The van der Waals surface area contributed by atoms with Crippen molar-refractivity contribution in [3.8, 4) is 5.82 Å². The Hall–Kier alpha value is -3.55. The maximum atomic E-state index is 12.2. The minimum Gasteiger partial charge on any atom is -0.457 e. The summed E-state index contributed by atoms with van der Waals surface area (Å²) in [7, 11) is 0. The number of nitrogens with one attached hydrogen (secondary N) is 1. The summed E-state index contributed by atoms with van der Waals surface area (Å²) in [6.07, 6.45) is 6.58. The van der Waals surface area contributed by atoms with Crippen molar-refractivity contribution in [1.29, 1.82) is 0 Å². The lowest BCUT2D eigenvalue weighted by atomic mass is 10.2. The number of aromatic nitrogens is 6. The van der Waals surface area contributed by atoms with E-state index in [-0.39, 0.29) is 6.61 Å². The second kappa shape index (κ2) is 5.92. The highest BCUT2D eigenvalue weighted by Crippen LogP contribution is 2.13.